The van der Waals surface area contributed by atoms with E-state index < -0.39 is 6.04 Å². The van der Waals surface area contributed by atoms with Gasteiger partial charge in [0.1, 0.15) is 17.9 Å². The summed E-state index contributed by atoms with van der Waals surface area (Å²) >= 11 is 3.52. The Bertz CT molecular complexity index is 920. The zero-order valence-corrected chi connectivity index (χ0v) is 17.4. The van der Waals surface area contributed by atoms with Crippen molar-refractivity contribution in [1.29, 1.82) is 0 Å². The van der Waals surface area contributed by atoms with Gasteiger partial charge in [-0.1, -0.05) is 17.6 Å². The number of nitrogens with one attached hydrogen (secondary N) is 1. The average Bonchev–Trinajstić information content (AvgIpc) is 3.15. The number of halogens is 1. The van der Waals surface area contributed by atoms with Crippen LogP contribution >= 0.6 is 15.9 Å². The standard InChI is InChI=1S/C19H22BrN5O3/c1-11-16(18(26)28-13-6-4-3-5-7-13)17(25-19(21-11)22-23-24-25)12-8-9-15(27-2)14(20)10-12/h8-10,13,17H,3-7H2,1-2H3,(H,21,22,24)/t17-/m1/s1. The maximum absolute atomic E-state index is 13.2. The minimum Gasteiger partial charge on any atom is -0.496 e. The number of benzene rings is 1. The number of aromatic nitrogens is 4. The fourth-order valence-electron chi connectivity index (χ4n) is 3.84. The summed E-state index contributed by atoms with van der Waals surface area (Å²) in [5.74, 6) is 0.875. The van der Waals surface area contributed by atoms with Gasteiger partial charge in [0, 0.05) is 5.70 Å². The number of anilines is 1. The molecule has 1 aromatic heterocycles. The smallest absolute Gasteiger partial charge is 0.338 e. The summed E-state index contributed by atoms with van der Waals surface area (Å²) in [5, 5.41) is 15.0. The first kappa shape index (κ1) is 18.9. The number of carbonyl (C=O) groups is 1. The maximum atomic E-state index is 13.2. The van der Waals surface area contributed by atoms with E-state index in [9.17, 15) is 4.79 Å². The fraction of sp³-hybridized carbons (Fsp3) is 0.474. The first-order valence-electron chi connectivity index (χ1n) is 9.38. The summed E-state index contributed by atoms with van der Waals surface area (Å²) in [6.45, 7) is 1.85. The summed E-state index contributed by atoms with van der Waals surface area (Å²) < 4.78 is 13.6. The lowest BCUT2D eigenvalue weighted by molar-refractivity contribution is -0.146. The van der Waals surface area contributed by atoms with Gasteiger partial charge in [-0.2, -0.15) is 4.68 Å². The van der Waals surface area contributed by atoms with Crippen LogP contribution in [0.15, 0.2) is 33.9 Å². The predicted molar refractivity (Wildman–Crippen MR) is 106 cm³/mol. The van der Waals surface area contributed by atoms with Gasteiger partial charge in [0.2, 0.25) is 5.95 Å². The van der Waals surface area contributed by atoms with Crippen LogP contribution in [0.5, 0.6) is 5.75 Å². The number of allylic oxidation sites excluding steroid dienone is 1. The molecule has 8 nitrogen and oxygen atoms in total. The summed E-state index contributed by atoms with van der Waals surface area (Å²) in [5.41, 5.74) is 2.07. The molecule has 1 fully saturated rings. The summed E-state index contributed by atoms with van der Waals surface area (Å²) in [4.78, 5) is 13.2. The highest BCUT2D eigenvalue weighted by Crippen LogP contribution is 2.38. The molecule has 9 heteroatoms. The van der Waals surface area contributed by atoms with Gasteiger partial charge in [0.25, 0.3) is 0 Å². The molecule has 0 unspecified atom stereocenters. The highest BCUT2D eigenvalue weighted by Gasteiger charge is 2.36. The van der Waals surface area contributed by atoms with Crippen molar-refractivity contribution in [3.63, 3.8) is 0 Å². The molecule has 2 aromatic rings. The second-order valence-electron chi connectivity index (χ2n) is 7.07. The molecule has 28 heavy (non-hydrogen) atoms. The molecule has 2 heterocycles. The van der Waals surface area contributed by atoms with E-state index in [1.165, 1.54) is 6.42 Å². The molecular weight excluding hydrogens is 426 g/mol. The number of rotatable bonds is 4. The van der Waals surface area contributed by atoms with Crippen LogP contribution in [0.4, 0.5) is 5.95 Å². The Balaban J connectivity index is 1.72. The summed E-state index contributed by atoms with van der Waals surface area (Å²) in [7, 11) is 1.61. The molecule has 0 bridgehead atoms. The van der Waals surface area contributed by atoms with E-state index in [0.29, 0.717) is 23.0 Å². The van der Waals surface area contributed by atoms with Gasteiger partial charge >= 0.3 is 5.97 Å². The zero-order chi connectivity index (χ0) is 19.7. The molecular formula is C19H22BrN5O3. The lowest BCUT2D eigenvalue weighted by Crippen LogP contribution is -2.32. The van der Waals surface area contributed by atoms with Crippen molar-refractivity contribution in [2.75, 3.05) is 12.4 Å². The molecule has 0 saturated heterocycles. The molecule has 1 aliphatic heterocycles. The molecule has 148 valence electrons. The van der Waals surface area contributed by atoms with Gasteiger partial charge in [0.15, 0.2) is 0 Å². The number of fused-ring (bicyclic) bond motifs is 1. The first-order chi connectivity index (χ1) is 13.6. The number of carbonyl (C=O) groups excluding carboxylic acids is 1. The molecule has 0 radical (unpaired) electrons. The quantitative estimate of drug-likeness (QED) is 0.715. The Labute approximate surface area is 171 Å². The second-order valence-corrected chi connectivity index (χ2v) is 7.93. The number of ether oxygens (including phenoxy) is 2. The highest BCUT2D eigenvalue weighted by molar-refractivity contribution is 9.10. The number of nitrogens with zero attached hydrogens (tertiary/aromatic N) is 4. The van der Waals surface area contributed by atoms with E-state index in [4.69, 9.17) is 9.47 Å². The van der Waals surface area contributed by atoms with Crippen molar-refractivity contribution in [2.45, 2.75) is 51.2 Å². The molecule has 1 saturated carbocycles. The van der Waals surface area contributed by atoms with E-state index in [2.05, 4.69) is 36.8 Å². The topological polar surface area (TPSA) is 91.2 Å². The van der Waals surface area contributed by atoms with E-state index in [1.54, 1.807) is 11.8 Å². The molecule has 1 aromatic carbocycles. The van der Waals surface area contributed by atoms with Crippen molar-refractivity contribution in [1.82, 2.24) is 20.2 Å². The van der Waals surface area contributed by atoms with Crippen LogP contribution in [0, 0.1) is 0 Å². The molecule has 0 amide bonds. The third kappa shape index (κ3) is 3.50. The SMILES string of the molecule is COc1ccc([C@@H]2C(C(=O)OC3CCCCC3)=C(C)Nc3nnnn32)cc1Br. The Hall–Kier alpha value is -2.42. The molecule has 0 spiro atoms. The van der Waals surface area contributed by atoms with E-state index in [1.807, 2.05) is 25.1 Å². The Morgan fingerprint density at radius 2 is 2.07 bits per heavy atom. The van der Waals surface area contributed by atoms with Gasteiger partial charge in [-0.3, -0.25) is 0 Å². The number of esters is 1. The van der Waals surface area contributed by atoms with Gasteiger partial charge in [0.05, 0.1) is 17.2 Å². The molecule has 4 rings (SSSR count). The minimum atomic E-state index is -0.482. The van der Waals surface area contributed by atoms with Gasteiger partial charge in [-0.25, -0.2) is 4.79 Å². The van der Waals surface area contributed by atoms with Crippen LogP contribution < -0.4 is 10.1 Å². The van der Waals surface area contributed by atoms with Crippen molar-refractivity contribution < 1.29 is 14.3 Å². The largest absolute Gasteiger partial charge is 0.496 e. The fourth-order valence-corrected chi connectivity index (χ4v) is 4.39. The number of hydrogen-bond acceptors (Lipinski definition) is 7. The van der Waals surface area contributed by atoms with Crippen LogP contribution in [-0.4, -0.2) is 39.4 Å². The zero-order valence-electron chi connectivity index (χ0n) is 15.8. The first-order valence-corrected chi connectivity index (χ1v) is 10.2. The summed E-state index contributed by atoms with van der Waals surface area (Å²) in [6.07, 6.45) is 5.20. The van der Waals surface area contributed by atoms with Gasteiger partial charge < -0.3 is 14.8 Å². The second kappa shape index (κ2) is 7.90. The van der Waals surface area contributed by atoms with Gasteiger partial charge in [-0.15, -0.1) is 0 Å². The van der Waals surface area contributed by atoms with Crippen molar-refractivity contribution in [3.8, 4) is 5.75 Å². The number of methoxy groups -OCH3 is 1. The molecule has 1 N–H and O–H groups in total. The summed E-state index contributed by atoms with van der Waals surface area (Å²) in [6, 6.07) is 5.20. The maximum Gasteiger partial charge on any atom is 0.338 e. The molecule has 2 aliphatic rings. The van der Waals surface area contributed by atoms with E-state index >= 15 is 0 Å². The Morgan fingerprint density at radius 3 is 2.79 bits per heavy atom. The van der Waals surface area contributed by atoms with Crippen molar-refractivity contribution in [2.24, 2.45) is 0 Å². The van der Waals surface area contributed by atoms with Crippen LogP contribution in [0.1, 0.15) is 50.6 Å². The lowest BCUT2D eigenvalue weighted by atomic mass is 9.95. The number of tetrazole rings is 1. The van der Waals surface area contributed by atoms with Crippen molar-refractivity contribution in [3.05, 3.63) is 39.5 Å². The van der Waals surface area contributed by atoms with E-state index in [0.717, 1.165) is 35.7 Å². The highest BCUT2D eigenvalue weighted by atomic mass is 79.9. The monoisotopic (exact) mass is 447 g/mol. The van der Waals surface area contributed by atoms with Crippen LogP contribution in [0.3, 0.4) is 0 Å². The predicted octanol–water partition coefficient (Wildman–Crippen LogP) is 3.61. The van der Waals surface area contributed by atoms with Gasteiger partial charge in [-0.05, 0) is 76.7 Å². The van der Waals surface area contributed by atoms with Crippen LogP contribution in [-0.2, 0) is 9.53 Å². The third-order valence-corrected chi connectivity index (χ3v) is 5.87. The normalized spacial score (nSPS) is 19.8. The minimum absolute atomic E-state index is 0.0277. The van der Waals surface area contributed by atoms with Crippen LogP contribution in [0.2, 0.25) is 0 Å². The molecule has 1 atom stereocenters. The molecule has 1 aliphatic carbocycles. The number of hydrogen-bond donors (Lipinski definition) is 1. The van der Waals surface area contributed by atoms with Crippen LogP contribution in [0.25, 0.3) is 0 Å². The lowest BCUT2D eigenvalue weighted by Gasteiger charge is -2.29. The average molecular weight is 448 g/mol. The Morgan fingerprint density at radius 1 is 1.29 bits per heavy atom. The third-order valence-electron chi connectivity index (χ3n) is 5.25. The van der Waals surface area contributed by atoms with E-state index in [-0.39, 0.29) is 12.1 Å². The van der Waals surface area contributed by atoms with Crippen molar-refractivity contribution >= 4 is 27.8 Å². The Kier molecular flexibility index (Phi) is 5.34.